The largest absolute Gasteiger partial charge is 0.368 e. The van der Waals surface area contributed by atoms with Gasteiger partial charge in [-0.05, 0) is 52.7 Å². The van der Waals surface area contributed by atoms with Gasteiger partial charge in [-0.3, -0.25) is 9.78 Å². The Labute approximate surface area is 138 Å². The Kier molecular flexibility index (Phi) is 4.19. The number of rotatable bonds is 3. The number of nitrogens with zero attached hydrogens (tertiary/aromatic N) is 2. The van der Waals surface area contributed by atoms with Crippen LogP contribution in [0.4, 0.5) is 0 Å². The summed E-state index contributed by atoms with van der Waals surface area (Å²) in [5.74, 6) is 0.0738. The molecule has 0 aliphatic carbocycles. The average molecular weight is 317 g/mol. The summed E-state index contributed by atoms with van der Waals surface area (Å²) in [6, 6.07) is 4.28. The van der Waals surface area contributed by atoms with Crippen molar-refractivity contribution in [3.05, 3.63) is 30.1 Å². The van der Waals surface area contributed by atoms with Gasteiger partial charge in [-0.2, -0.15) is 0 Å². The highest BCUT2D eigenvalue weighted by atomic mass is 16.5. The predicted octanol–water partition coefficient (Wildman–Crippen LogP) is 2.23. The van der Waals surface area contributed by atoms with Gasteiger partial charge in [0.05, 0.1) is 16.8 Å². The van der Waals surface area contributed by atoms with Crippen molar-refractivity contribution in [3.63, 3.8) is 0 Å². The van der Waals surface area contributed by atoms with E-state index in [4.69, 9.17) is 4.74 Å². The molecule has 0 unspecified atom stereocenters. The van der Waals surface area contributed by atoms with Gasteiger partial charge in [-0.15, -0.1) is 0 Å². The summed E-state index contributed by atoms with van der Waals surface area (Å²) in [7, 11) is 0. The minimum absolute atomic E-state index is 0.0738. The highest BCUT2D eigenvalue weighted by Crippen LogP contribution is 2.37. The summed E-state index contributed by atoms with van der Waals surface area (Å²) in [5, 5.41) is 3.73. The van der Waals surface area contributed by atoms with Crippen molar-refractivity contribution in [1.29, 1.82) is 0 Å². The van der Waals surface area contributed by atoms with E-state index in [1.165, 1.54) is 0 Å². The SMILES string of the molecule is CC1(C)C[C@@H](N[C@H]2CCN(C(=O)c3cccnc3)C2)C(C)(C)O1. The lowest BCUT2D eigenvalue weighted by Crippen LogP contribution is -2.49. The second-order valence-electron chi connectivity index (χ2n) is 7.87. The smallest absolute Gasteiger partial charge is 0.255 e. The number of aromatic nitrogens is 1. The van der Waals surface area contributed by atoms with Gasteiger partial charge in [0.15, 0.2) is 0 Å². The molecule has 5 heteroatoms. The first-order valence-electron chi connectivity index (χ1n) is 8.42. The second-order valence-corrected chi connectivity index (χ2v) is 7.87. The van der Waals surface area contributed by atoms with Gasteiger partial charge >= 0.3 is 0 Å². The van der Waals surface area contributed by atoms with E-state index in [9.17, 15) is 4.79 Å². The van der Waals surface area contributed by atoms with Crippen LogP contribution in [-0.4, -0.2) is 52.2 Å². The molecule has 23 heavy (non-hydrogen) atoms. The van der Waals surface area contributed by atoms with Crippen LogP contribution < -0.4 is 5.32 Å². The summed E-state index contributed by atoms with van der Waals surface area (Å²) in [6.45, 7) is 10.1. The third-order valence-corrected chi connectivity index (χ3v) is 4.90. The number of nitrogens with one attached hydrogen (secondary N) is 1. The average Bonchev–Trinajstić information content (AvgIpc) is 3.01. The van der Waals surface area contributed by atoms with Gasteiger partial charge in [0.25, 0.3) is 5.91 Å². The minimum atomic E-state index is -0.176. The van der Waals surface area contributed by atoms with Crippen molar-refractivity contribution >= 4 is 5.91 Å². The summed E-state index contributed by atoms with van der Waals surface area (Å²) >= 11 is 0. The molecule has 1 N–H and O–H groups in total. The lowest BCUT2D eigenvalue weighted by molar-refractivity contribution is -0.0703. The first-order chi connectivity index (χ1) is 10.8. The highest BCUT2D eigenvalue weighted by molar-refractivity contribution is 5.94. The van der Waals surface area contributed by atoms with E-state index in [-0.39, 0.29) is 17.1 Å². The number of pyridine rings is 1. The van der Waals surface area contributed by atoms with E-state index in [0.717, 1.165) is 25.9 Å². The Hall–Kier alpha value is -1.46. The monoisotopic (exact) mass is 317 g/mol. The quantitative estimate of drug-likeness (QED) is 0.929. The maximum atomic E-state index is 12.5. The van der Waals surface area contributed by atoms with E-state index in [2.05, 4.69) is 38.0 Å². The first kappa shape index (κ1) is 16.4. The number of likely N-dealkylation sites (tertiary alicyclic amines) is 1. The topological polar surface area (TPSA) is 54.5 Å². The number of carbonyl (C=O) groups is 1. The Bertz CT molecular complexity index is 571. The van der Waals surface area contributed by atoms with E-state index in [1.54, 1.807) is 18.5 Å². The zero-order valence-corrected chi connectivity index (χ0v) is 14.5. The number of amides is 1. The van der Waals surface area contributed by atoms with Crippen LogP contribution in [0.5, 0.6) is 0 Å². The zero-order chi connectivity index (χ0) is 16.7. The lowest BCUT2D eigenvalue weighted by Gasteiger charge is -2.30. The Balaban J connectivity index is 1.59. The summed E-state index contributed by atoms with van der Waals surface area (Å²) in [6.07, 6.45) is 5.31. The number of ether oxygens (including phenoxy) is 1. The molecule has 2 atom stereocenters. The molecule has 2 fully saturated rings. The van der Waals surface area contributed by atoms with Crippen LogP contribution in [-0.2, 0) is 4.74 Å². The van der Waals surface area contributed by atoms with Gasteiger partial charge in [0.2, 0.25) is 0 Å². The fourth-order valence-corrected chi connectivity index (χ4v) is 3.86. The van der Waals surface area contributed by atoms with Gasteiger partial charge in [0, 0.05) is 37.6 Å². The molecule has 2 aliphatic heterocycles. The molecular weight excluding hydrogens is 290 g/mol. The van der Waals surface area contributed by atoms with Crippen LogP contribution in [0.2, 0.25) is 0 Å². The minimum Gasteiger partial charge on any atom is -0.368 e. The molecule has 1 aromatic rings. The van der Waals surface area contributed by atoms with Crippen molar-refractivity contribution < 1.29 is 9.53 Å². The van der Waals surface area contributed by atoms with Crippen LogP contribution in [0.1, 0.15) is 50.9 Å². The van der Waals surface area contributed by atoms with Crippen LogP contribution in [0, 0.1) is 0 Å². The van der Waals surface area contributed by atoms with Crippen LogP contribution >= 0.6 is 0 Å². The zero-order valence-electron chi connectivity index (χ0n) is 14.5. The molecular formula is C18H27N3O2. The Morgan fingerprint density at radius 2 is 2.17 bits per heavy atom. The number of carbonyl (C=O) groups excluding carboxylic acids is 1. The second kappa shape index (κ2) is 5.87. The van der Waals surface area contributed by atoms with Gasteiger partial charge in [0.1, 0.15) is 0 Å². The molecule has 0 spiro atoms. The normalized spacial score (nSPS) is 29.0. The van der Waals surface area contributed by atoms with E-state index in [0.29, 0.717) is 17.6 Å². The molecule has 1 amide bonds. The third-order valence-electron chi connectivity index (χ3n) is 4.90. The fraction of sp³-hybridized carbons (Fsp3) is 0.667. The maximum absolute atomic E-state index is 12.5. The summed E-state index contributed by atoms with van der Waals surface area (Å²) in [5.41, 5.74) is 0.397. The molecule has 3 rings (SSSR count). The van der Waals surface area contributed by atoms with E-state index < -0.39 is 0 Å². The Morgan fingerprint density at radius 3 is 2.78 bits per heavy atom. The van der Waals surface area contributed by atoms with Crippen LogP contribution in [0.25, 0.3) is 0 Å². The third kappa shape index (κ3) is 3.56. The van der Waals surface area contributed by atoms with Crippen molar-refractivity contribution in [3.8, 4) is 0 Å². The van der Waals surface area contributed by atoms with Crippen LogP contribution in [0.3, 0.4) is 0 Å². The highest BCUT2D eigenvalue weighted by Gasteiger charge is 2.46. The van der Waals surface area contributed by atoms with Crippen molar-refractivity contribution in [2.45, 2.75) is 63.8 Å². The molecule has 126 valence electrons. The van der Waals surface area contributed by atoms with Crippen molar-refractivity contribution in [1.82, 2.24) is 15.2 Å². The standard InChI is InChI=1S/C18H27N3O2/c1-17(2)10-15(18(3,4)23-17)20-14-7-9-21(12-14)16(22)13-6-5-8-19-11-13/h5-6,8,11,14-15,20H,7,9-10,12H2,1-4H3/t14-,15+/m0/s1. The molecule has 3 heterocycles. The van der Waals surface area contributed by atoms with Crippen LogP contribution in [0.15, 0.2) is 24.5 Å². The van der Waals surface area contributed by atoms with Gasteiger partial charge < -0.3 is 15.0 Å². The summed E-state index contributed by atoms with van der Waals surface area (Å²) < 4.78 is 6.15. The molecule has 1 aromatic heterocycles. The predicted molar refractivity (Wildman–Crippen MR) is 89.3 cm³/mol. The Morgan fingerprint density at radius 1 is 1.39 bits per heavy atom. The molecule has 0 aromatic carbocycles. The van der Waals surface area contributed by atoms with E-state index in [1.807, 2.05) is 11.0 Å². The first-order valence-corrected chi connectivity index (χ1v) is 8.42. The number of hydrogen-bond donors (Lipinski definition) is 1. The maximum Gasteiger partial charge on any atom is 0.255 e. The fourth-order valence-electron chi connectivity index (χ4n) is 3.86. The van der Waals surface area contributed by atoms with Gasteiger partial charge in [-0.1, -0.05) is 0 Å². The molecule has 0 radical (unpaired) electrons. The molecule has 5 nitrogen and oxygen atoms in total. The molecule has 2 saturated heterocycles. The van der Waals surface area contributed by atoms with E-state index >= 15 is 0 Å². The van der Waals surface area contributed by atoms with Crippen molar-refractivity contribution in [2.75, 3.05) is 13.1 Å². The molecule has 2 aliphatic rings. The number of hydrogen-bond acceptors (Lipinski definition) is 4. The lowest BCUT2D eigenvalue weighted by atomic mass is 9.93. The van der Waals surface area contributed by atoms with Crippen molar-refractivity contribution in [2.24, 2.45) is 0 Å². The molecule has 0 bridgehead atoms. The van der Waals surface area contributed by atoms with Gasteiger partial charge in [-0.25, -0.2) is 0 Å². The molecule has 0 saturated carbocycles. The summed E-state index contributed by atoms with van der Waals surface area (Å²) in [4.78, 5) is 18.4.